The van der Waals surface area contributed by atoms with Crippen molar-refractivity contribution >= 4 is 28.4 Å². The molecule has 2 rings (SSSR count). The Hall–Kier alpha value is -2.43. The molecule has 0 fully saturated rings. The highest BCUT2D eigenvalue weighted by Crippen LogP contribution is 2.25. The molecular weight excluding hydrogens is 290 g/mol. The molecule has 0 atom stereocenters. The lowest BCUT2D eigenvalue weighted by atomic mass is 10.1. The highest BCUT2D eigenvalue weighted by Gasteiger charge is 2.16. The summed E-state index contributed by atoms with van der Waals surface area (Å²) in [7, 11) is 0. The van der Waals surface area contributed by atoms with Crippen molar-refractivity contribution in [2.45, 2.75) is 33.1 Å². The Labute approximate surface area is 136 Å². The van der Waals surface area contributed by atoms with Gasteiger partial charge >= 0.3 is 0 Å². The molecule has 0 unspecified atom stereocenters. The Balaban J connectivity index is 2.12. The largest absolute Gasteiger partial charge is 0.356 e. The van der Waals surface area contributed by atoms with Crippen LogP contribution in [0.4, 0.5) is 5.69 Å². The van der Waals surface area contributed by atoms with Crippen LogP contribution in [0.15, 0.2) is 36.5 Å². The summed E-state index contributed by atoms with van der Waals surface area (Å²) in [6, 6.07) is 9.55. The van der Waals surface area contributed by atoms with E-state index in [0.29, 0.717) is 13.1 Å². The summed E-state index contributed by atoms with van der Waals surface area (Å²) in [5.41, 5.74) is 1.52. The van der Waals surface area contributed by atoms with Crippen LogP contribution in [0.5, 0.6) is 0 Å². The third-order valence-electron chi connectivity index (χ3n) is 3.70. The fraction of sp³-hybridized carbons (Fsp3) is 0.389. The monoisotopic (exact) mass is 313 g/mol. The van der Waals surface area contributed by atoms with Gasteiger partial charge in [0.25, 0.3) is 0 Å². The minimum Gasteiger partial charge on any atom is -0.356 e. The van der Waals surface area contributed by atoms with Crippen molar-refractivity contribution in [3.05, 3.63) is 36.5 Å². The number of nitrogens with zero attached hydrogens (tertiary/aromatic N) is 2. The zero-order chi connectivity index (χ0) is 16.7. The molecule has 0 aliphatic carbocycles. The molecule has 1 heterocycles. The van der Waals surface area contributed by atoms with E-state index < -0.39 is 0 Å². The second-order valence-corrected chi connectivity index (χ2v) is 5.48. The predicted molar refractivity (Wildman–Crippen MR) is 92.3 cm³/mol. The number of hydrogen-bond donors (Lipinski definition) is 1. The number of unbranched alkanes of at least 4 members (excludes halogenated alkanes) is 1. The van der Waals surface area contributed by atoms with Crippen molar-refractivity contribution in [2.75, 3.05) is 18.0 Å². The number of carbonyl (C=O) groups excluding carboxylic acids is 2. The highest BCUT2D eigenvalue weighted by atomic mass is 16.2. The molecule has 0 spiro atoms. The van der Waals surface area contributed by atoms with Crippen molar-refractivity contribution < 1.29 is 9.59 Å². The van der Waals surface area contributed by atoms with Gasteiger partial charge in [-0.1, -0.05) is 31.5 Å². The SMILES string of the molecule is CCCCNC(=O)CCN(C(C)=O)c1cccc2cccnc12. The first kappa shape index (κ1) is 16.9. The van der Waals surface area contributed by atoms with Crippen LogP contribution in [0.25, 0.3) is 10.9 Å². The minimum atomic E-state index is -0.0930. The first-order chi connectivity index (χ1) is 11.1. The molecular formula is C18H23N3O2. The normalized spacial score (nSPS) is 10.5. The molecule has 2 amide bonds. The van der Waals surface area contributed by atoms with E-state index in [0.717, 1.165) is 29.4 Å². The number of anilines is 1. The third-order valence-corrected chi connectivity index (χ3v) is 3.70. The summed E-state index contributed by atoms with van der Waals surface area (Å²) in [4.78, 5) is 29.9. The Kier molecular flexibility index (Phi) is 6.09. The summed E-state index contributed by atoms with van der Waals surface area (Å²) < 4.78 is 0. The molecule has 5 heteroatoms. The molecule has 0 saturated carbocycles. The smallest absolute Gasteiger partial charge is 0.223 e. The van der Waals surface area contributed by atoms with Crippen LogP contribution in [0, 0.1) is 0 Å². The number of nitrogens with one attached hydrogen (secondary N) is 1. The van der Waals surface area contributed by atoms with E-state index in [1.54, 1.807) is 11.1 Å². The van der Waals surface area contributed by atoms with Crippen LogP contribution >= 0.6 is 0 Å². The van der Waals surface area contributed by atoms with Gasteiger partial charge in [0.1, 0.15) is 0 Å². The van der Waals surface area contributed by atoms with Gasteiger partial charge < -0.3 is 10.2 Å². The Morgan fingerprint density at radius 1 is 1.22 bits per heavy atom. The number of rotatable bonds is 7. The van der Waals surface area contributed by atoms with E-state index in [2.05, 4.69) is 17.2 Å². The average Bonchev–Trinajstić information content (AvgIpc) is 2.55. The standard InChI is InChI=1S/C18H23N3O2/c1-3-4-11-19-17(23)10-13-21(14(2)22)16-9-5-7-15-8-6-12-20-18(15)16/h5-9,12H,3-4,10-11,13H2,1-2H3,(H,19,23). The average molecular weight is 313 g/mol. The van der Waals surface area contributed by atoms with Crippen molar-refractivity contribution in [3.8, 4) is 0 Å². The zero-order valence-electron chi connectivity index (χ0n) is 13.7. The number of fused-ring (bicyclic) bond motifs is 1. The van der Waals surface area contributed by atoms with Crippen molar-refractivity contribution in [1.29, 1.82) is 0 Å². The van der Waals surface area contributed by atoms with E-state index >= 15 is 0 Å². The van der Waals surface area contributed by atoms with Gasteiger partial charge in [-0.25, -0.2) is 0 Å². The molecule has 5 nitrogen and oxygen atoms in total. The number of pyridine rings is 1. The topological polar surface area (TPSA) is 62.3 Å². The summed E-state index contributed by atoms with van der Waals surface area (Å²) in [5.74, 6) is -0.123. The van der Waals surface area contributed by atoms with Crippen LogP contribution in [-0.4, -0.2) is 29.9 Å². The van der Waals surface area contributed by atoms with Crippen LogP contribution in [0.3, 0.4) is 0 Å². The van der Waals surface area contributed by atoms with E-state index in [4.69, 9.17) is 0 Å². The van der Waals surface area contributed by atoms with Gasteiger partial charge in [0.2, 0.25) is 11.8 Å². The summed E-state index contributed by atoms with van der Waals surface area (Å²) >= 11 is 0. The second-order valence-electron chi connectivity index (χ2n) is 5.48. The van der Waals surface area contributed by atoms with E-state index in [1.807, 2.05) is 30.3 Å². The number of carbonyl (C=O) groups is 2. The molecule has 1 aromatic carbocycles. The number of hydrogen-bond acceptors (Lipinski definition) is 3. The Morgan fingerprint density at radius 3 is 2.74 bits per heavy atom. The predicted octanol–water partition coefficient (Wildman–Crippen LogP) is 2.89. The lowest BCUT2D eigenvalue weighted by molar-refractivity contribution is -0.121. The summed E-state index contributed by atoms with van der Waals surface area (Å²) in [5, 5.41) is 3.85. The van der Waals surface area contributed by atoms with Gasteiger partial charge in [-0.2, -0.15) is 0 Å². The van der Waals surface area contributed by atoms with Gasteiger partial charge in [-0.05, 0) is 18.6 Å². The molecule has 0 radical (unpaired) electrons. The van der Waals surface area contributed by atoms with Crippen molar-refractivity contribution in [2.24, 2.45) is 0 Å². The van der Waals surface area contributed by atoms with Gasteiger partial charge in [-0.15, -0.1) is 0 Å². The molecule has 122 valence electrons. The lowest BCUT2D eigenvalue weighted by Gasteiger charge is -2.22. The number of para-hydroxylation sites is 1. The molecule has 1 N–H and O–H groups in total. The maximum absolute atomic E-state index is 12.0. The fourth-order valence-electron chi connectivity index (χ4n) is 2.46. The molecule has 0 aliphatic heterocycles. The number of benzene rings is 1. The van der Waals surface area contributed by atoms with Gasteiger partial charge in [0, 0.05) is 38.0 Å². The van der Waals surface area contributed by atoms with Gasteiger partial charge in [0.05, 0.1) is 11.2 Å². The number of amides is 2. The van der Waals surface area contributed by atoms with Crippen LogP contribution in [0.2, 0.25) is 0 Å². The second kappa shape index (κ2) is 8.27. The molecule has 23 heavy (non-hydrogen) atoms. The third kappa shape index (κ3) is 4.52. The maximum atomic E-state index is 12.0. The van der Waals surface area contributed by atoms with Crippen LogP contribution in [-0.2, 0) is 9.59 Å². The quantitative estimate of drug-likeness (QED) is 0.800. The molecule has 1 aromatic heterocycles. The van der Waals surface area contributed by atoms with E-state index in [9.17, 15) is 9.59 Å². The minimum absolute atomic E-state index is 0.0297. The van der Waals surface area contributed by atoms with Crippen LogP contribution in [0.1, 0.15) is 33.1 Å². The summed E-state index contributed by atoms with van der Waals surface area (Å²) in [6.45, 7) is 4.63. The first-order valence-electron chi connectivity index (χ1n) is 8.02. The molecule has 2 aromatic rings. The zero-order valence-corrected chi connectivity index (χ0v) is 13.7. The molecule has 0 bridgehead atoms. The molecule has 0 aliphatic rings. The van der Waals surface area contributed by atoms with Gasteiger partial charge in [-0.3, -0.25) is 14.6 Å². The number of aromatic nitrogens is 1. The van der Waals surface area contributed by atoms with Crippen LogP contribution < -0.4 is 10.2 Å². The van der Waals surface area contributed by atoms with Crippen molar-refractivity contribution in [3.63, 3.8) is 0 Å². The van der Waals surface area contributed by atoms with Gasteiger partial charge in [0.15, 0.2) is 0 Å². The van der Waals surface area contributed by atoms with E-state index in [1.165, 1.54) is 6.92 Å². The maximum Gasteiger partial charge on any atom is 0.223 e. The Bertz CT molecular complexity index is 680. The molecule has 0 saturated heterocycles. The fourth-order valence-corrected chi connectivity index (χ4v) is 2.46. The Morgan fingerprint density at radius 2 is 2.00 bits per heavy atom. The summed E-state index contributed by atoms with van der Waals surface area (Å²) in [6.07, 6.45) is 4.01. The lowest BCUT2D eigenvalue weighted by Crippen LogP contribution is -2.34. The van der Waals surface area contributed by atoms with E-state index in [-0.39, 0.29) is 18.2 Å². The van der Waals surface area contributed by atoms with Crippen molar-refractivity contribution in [1.82, 2.24) is 10.3 Å². The first-order valence-corrected chi connectivity index (χ1v) is 8.02. The highest BCUT2D eigenvalue weighted by molar-refractivity contribution is 6.01.